The number of hydrogen-bond acceptors (Lipinski definition) is 4. The first-order valence-corrected chi connectivity index (χ1v) is 10.7. The number of carbonyl (C=O) groups is 1. The van der Waals surface area contributed by atoms with Gasteiger partial charge in [-0.3, -0.25) is 9.48 Å². The largest absolute Gasteiger partial charge is 0.471 e. The van der Waals surface area contributed by atoms with E-state index in [4.69, 9.17) is 4.74 Å². The number of nitrogens with zero attached hydrogens (tertiary/aromatic N) is 4. The molecule has 2 aromatic heterocycles. The first kappa shape index (κ1) is 20.9. The summed E-state index contributed by atoms with van der Waals surface area (Å²) in [7, 11) is 0. The van der Waals surface area contributed by atoms with Gasteiger partial charge in [0.2, 0.25) is 0 Å². The number of benzene rings is 2. The highest BCUT2D eigenvalue weighted by molar-refractivity contribution is 9.10. The zero-order valence-corrected chi connectivity index (χ0v) is 18.6. The quantitative estimate of drug-likeness (QED) is 0.395. The van der Waals surface area contributed by atoms with E-state index in [9.17, 15) is 4.79 Å². The summed E-state index contributed by atoms with van der Waals surface area (Å²) >= 11 is 3.39. The number of ether oxygens (including phenoxy) is 1. The van der Waals surface area contributed by atoms with Crippen molar-refractivity contribution in [3.63, 3.8) is 0 Å². The van der Waals surface area contributed by atoms with Gasteiger partial charge in [0, 0.05) is 11.8 Å². The van der Waals surface area contributed by atoms with Gasteiger partial charge in [-0.2, -0.15) is 10.2 Å². The molecule has 2 heterocycles. The fourth-order valence-corrected chi connectivity index (χ4v) is 3.41. The number of aryl methyl sites for hydroxylation is 1. The van der Waals surface area contributed by atoms with E-state index >= 15 is 0 Å². The number of anilines is 1. The summed E-state index contributed by atoms with van der Waals surface area (Å²) in [5.74, 6) is 0.582. The molecule has 7 nitrogen and oxygen atoms in total. The summed E-state index contributed by atoms with van der Waals surface area (Å²) < 4.78 is 10.1. The maximum absolute atomic E-state index is 12.7. The van der Waals surface area contributed by atoms with Crippen LogP contribution >= 0.6 is 15.9 Å². The molecule has 0 aliphatic heterocycles. The lowest BCUT2D eigenvalue weighted by Crippen LogP contribution is -2.12. The van der Waals surface area contributed by atoms with Crippen molar-refractivity contribution < 1.29 is 9.53 Å². The smallest absolute Gasteiger partial charge is 0.255 e. The third-order valence-corrected chi connectivity index (χ3v) is 5.13. The Morgan fingerprint density at radius 1 is 1.03 bits per heavy atom. The van der Waals surface area contributed by atoms with E-state index in [0.29, 0.717) is 17.8 Å². The van der Waals surface area contributed by atoms with E-state index in [2.05, 4.69) is 38.4 Å². The van der Waals surface area contributed by atoms with E-state index in [-0.39, 0.29) is 12.6 Å². The van der Waals surface area contributed by atoms with Crippen molar-refractivity contribution >= 4 is 27.5 Å². The Morgan fingerprint density at radius 2 is 1.84 bits per heavy atom. The van der Waals surface area contributed by atoms with E-state index in [0.717, 1.165) is 22.2 Å². The molecule has 0 spiro atoms. The maximum atomic E-state index is 12.7. The van der Waals surface area contributed by atoms with Crippen LogP contribution in [-0.4, -0.2) is 25.5 Å². The van der Waals surface area contributed by atoms with Crippen molar-refractivity contribution in [1.82, 2.24) is 19.6 Å². The molecule has 0 radical (unpaired) electrons. The van der Waals surface area contributed by atoms with Gasteiger partial charge in [0.15, 0.2) is 6.73 Å². The predicted octanol–water partition coefficient (Wildman–Crippen LogP) is 4.74. The van der Waals surface area contributed by atoms with E-state index < -0.39 is 0 Å². The Morgan fingerprint density at radius 3 is 2.58 bits per heavy atom. The van der Waals surface area contributed by atoms with Crippen molar-refractivity contribution in [2.24, 2.45) is 0 Å². The second-order valence-electron chi connectivity index (χ2n) is 7.05. The van der Waals surface area contributed by atoms with Gasteiger partial charge in [-0.1, -0.05) is 31.2 Å². The molecular formula is C23H22BrN5O2. The van der Waals surface area contributed by atoms with Gasteiger partial charge in [0.25, 0.3) is 5.91 Å². The minimum atomic E-state index is -0.195. The van der Waals surface area contributed by atoms with Gasteiger partial charge in [-0.15, -0.1) is 0 Å². The molecule has 0 atom stereocenters. The van der Waals surface area contributed by atoms with Crippen LogP contribution in [0.5, 0.6) is 5.75 Å². The lowest BCUT2D eigenvalue weighted by atomic mass is 10.1. The molecule has 4 rings (SSSR count). The normalized spacial score (nSPS) is 10.8. The third kappa shape index (κ3) is 5.61. The van der Waals surface area contributed by atoms with E-state index in [1.807, 2.05) is 48.7 Å². The topological polar surface area (TPSA) is 74.0 Å². The second kappa shape index (κ2) is 9.61. The summed E-state index contributed by atoms with van der Waals surface area (Å²) in [4.78, 5) is 12.7. The van der Waals surface area contributed by atoms with Crippen LogP contribution < -0.4 is 10.1 Å². The second-order valence-corrected chi connectivity index (χ2v) is 7.97. The number of rotatable bonds is 8. The zero-order chi connectivity index (χ0) is 21.6. The minimum Gasteiger partial charge on any atom is -0.471 e. The van der Waals surface area contributed by atoms with Gasteiger partial charge < -0.3 is 10.1 Å². The number of carbonyl (C=O) groups excluding carboxylic acids is 1. The highest BCUT2D eigenvalue weighted by Crippen LogP contribution is 2.15. The Bertz CT molecular complexity index is 1170. The fourth-order valence-electron chi connectivity index (χ4n) is 3.09. The first-order valence-electron chi connectivity index (χ1n) is 9.91. The molecule has 1 N–H and O–H groups in total. The average Bonchev–Trinajstić information content (AvgIpc) is 3.41. The molecular weight excluding hydrogens is 458 g/mol. The maximum Gasteiger partial charge on any atom is 0.255 e. The van der Waals surface area contributed by atoms with Crippen LogP contribution in [0.3, 0.4) is 0 Å². The lowest BCUT2D eigenvalue weighted by molar-refractivity contribution is 0.102. The van der Waals surface area contributed by atoms with Crippen molar-refractivity contribution in [2.75, 3.05) is 5.32 Å². The molecule has 0 aliphatic rings. The van der Waals surface area contributed by atoms with Gasteiger partial charge in [-0.25, -0.2) is 4.68 Å². The summed E-state index contributed by atoms with van der Waals surface area (Å²) in [6, 6.07) is 15.5. The summed E-state index contributed by atoms with van der Waals surface area (Å²) in [5, 5.41) is 11.4. The molecule has 0 saturated heterocycles. The SMILES string of the molecule is CCc1ccc(OCn2cc(NC(=O)c3cccc(Cn4cc(Br)cn4)c3)cn2)cc1. The van der Waals surface area contributed by atoms with Crippen molar-refractivity contribution in [3.8, 4) is 5.75 Å². The van der Waals surface area contributed by atoms with E-state index in [1.165, 1.54) is 5.56 Å². The molecule has 31 heavy (non-hydrogen) atoms. The molecule has 4 aromatic rings. The van der Waals surface area contributed by atoms with Crippen LogP contribution in [0.25, 0.3) is 0 Å². The molecule has 1 amide bonds. The molecule has 0 aliphatic carbocycles. The zero-order valence-electron chi connectivity index (χ0n) is 17.0. The van der Waals surface area contributed by atoms with Crippen LogP contribution in [0.1, 0.15) is 28.4 Å². The van der Waals surface area contributed by atoms with Gasteiger partial charge >= 0.3 is 0 Å². The molecule has 0 bridgehead atoms. The first-order chi connectivity index (χ1) is 15.1. The fraction of sp³-hybridized carbons (Fsp3) is 0.174. The van der Waals surface area contributed by atoms with Crippen molar-refractivity contribution in [3.05, 3.63) is 94.5 Å². The Kier molecular flexibility index (Phi) is 6.47. The number of hydrogen-bond donors (Lipinski definition) is 1. The van der Waals surface area contributed by atoms with Crippen LogP contribution in [0.15, 0.2) is 77.8 Å². The number of halogens is 1. The molecule has 2 aromatic carbocycles. The molecule has 0 unspecified atom stereocenters. The van der Waals surface area contributed by atoms with Gasteiger partial charge in [0.05, 0.1) is 35.3 Å². The predicted molar refractivity (Wildman–Crippen MR) is 122 cm³/mol. The van der Waals surface area contributed by atoms with Crippen LogP contribution in [0.4, 0.5) is 5.69 Å². The Balaban J connectivity index is 1.34. The molecule has 0 saturated carbocycles. The van der Waals surface area contributed by atoms with E-state index in [1.54, 1.807) is 34.0 Å². The Hall–Kier alpha value is -3.39. The van der Waals surface area contributed by atoms with Crippen molar-refractivity contribution in [1.29, 1.82) is 0 Å². The Labute approximate surface area is 188 Å². The monoisotopic (exact) mass is 479 g/mol. The molecule has 158 valence electrons. The average molecular weight is 480 g/mol. The lowest BCUT2D eigenvalue weighted by Gasteiger charge is -2.07. The highest BCUT2D eigenvalue weighted by Gasteiger charge is 2.09. The minimum absolute atomic E-state index is 0.195. The number of amides is 1. The van der Waals surface area contributed by atoms with Gasteiger partial charge in [-0.05, 0) is 57.7 Å². The molecule has 8 heteroatoms. The summed E-state index contributed by atoms with van der Waals surface area (Å²) in [6.07, 6.45) is 7.96. The van der Waals surface area contributed by atoms with Crippen molar-refractivity contribution in [2.45, 2.75) is 26.6 Å². The van der Waals surface area contributed by atoms with Crippen LogP contribution in [-0.2, 0) is 19.7 Å². The number of aromatic nitrogens is 4. The summed E-state index contributed by atoms with van der Waals surface area (Å²) in [5.41, 5.74) is 3.43. The van der Waals surface area contributed by atoms with Crippen LogP contribution in [0.2, 0.25) is 0 Å². The number of nitrogens with one attached hydrogen (secondary N) is 1. The standard InChI is InChI=1S/C23H22BrN5O2/c1-2-17-6-8-22(9-7-17)31-16-29-15-21(12-26-29)27-23(30)19-5-3-4-18(10-19)13-28-14-20(24)11-25-28/h3-12,14-15H,2,13,16H2,1H3,(H,27,30). The summed E-state index contributed by atoms with van der Waals surface area (Å²) in [6.45, 7) is 2.96. The van der Waals surface area contributed by atoms with Crippen LogP contribution in [0, 0.1) is 0 Å². The molecule has 0 fully saturated rings. The highest BCUT2D eigenvalue weighted by atomic mass is 79.9. The third-order valence-electron chi connectivity index (χ3n) is 4.72. The van der Waals surface area contributed by atoms with Gasteiger partial charge in [0.1, 0.15) is 5.75 Å².